The van der Waals surface area contributed by atoms with Gasteiger partial charge in [0.25, 0.3) is 0 Å². The summed E-state index contributed by atoms with van der Waals surface area (Å²) < 4.78 is 12.5. The van der Waals surface area contributed by atoms with E-state index in [9.17, 15) is 24.6 Å². The van der Waals surface area contributed by atoms with Gasteiger partial charge in [-0.1, -0.05) is 43.3 Å². The second kappa shape index (κ2) is 17.3. The molecule has 3 aromatic rings. The van der Waals surface area contributed by atoms with Gasteiger partial charge in [-0.05, 0) is 124 Å². The van der Waals surface area contributed by atoms with Gasteiger partial charge in [-0.3, -0.25) is 14.5 Å². The Morgan fingerprint density at radius 3 is 2.51 bits per heavy atom. The molecule has 0 radical (unpaired) electrons. The third kappa shape index (κ3) is 8.87. The summed E-state index contributed by atoms with van der Waals surface area (Å²) >= 11 is 0. The number of anilines is 2. The molecule has 6 atom stereocenters. The van der Waals surface area contributed by atoms with E-state index in [-0.39, 0.29) is 55.1 Å². The van der Waals surface area contributed by atoms with Gasteiger partial charge in [0.1, 0.15) is 5.75 Å². The Morgan fingerprint density at radius 2 is 1.77 bits per heavy atom. The molecule has 4 N–H and O–H groups in total. The lowest BCUT2D eigenvalue weighted by Crippen LogP contribution is -2.49. The molecule has 2 amide bonds. The molecule has 11 heteroatoms. The zero-order valence-corrected chi connectivity index (χ0v) is 32.7. The molecular weight excluding hydrogens is 687 g/mol. The van der Waals surface area contributed by atoms with Crippen molar-refractivity contribution in [3.05, 3.63) is 89.0 Å². The van der Waals surface area contributed by atoms with Crippen molar-refractivity contribution in [2.24, 2.45) is 5.92 Å². The number of hydrogen-bond acceptors (Lipinski definition) is 8. The third-order valence-corrected chi connectivity index (χ3v) is 13.9. The van der Waals surface area contributed by atoms with Gasteiger partial charge >= 0.3 is 0 Å². The SMILES string of the molecule is CCOc1ccc2c(c1)CC(NCCCCO)C(=O)N2c1cccc(CC[C@H]2O[C@@H](CC(=O)N3Cc4ccccc4C[C@H]3CO)[C@H]([Si](C)(C)O)[C@H]2C)c1. The van der Waals surface area contributed by atoms with Crippen LogP contribution < -0.4 is 15.0 Å². The van der Waals surface area contributed by atoms with Crippen molar-refractivity contribution in [1.82, 2.24) is 10.2 Å². The van der Waals surface area contributed by atoms with Gasteiger partial charge in [0.15, 0.2) is 8.32 Å². The van der Waals surface area contributed by atoms with Crippen molar-refractivity contribution in [1.29, 1.82) is 0 Å². The first-order valence-corrected chi connectivity index (χ1v) is 22.4. The van der Waals surface area contributed by atoms with E-state index in [4.69, 9.17) is 9.47 Å². The zero-order chi connectivity index (χ0) is 37.7. The summed E-state index contributed by atoms with van der Waals surface area (Å²) in [5.41, 5.74) is 5.92. The Balaban J connectivity index is 1.17. The first kappa shape index (κ1) is 39.1. The van der Waals surface area contributed by atoms with Crippen LogP contribution in [0, 0.1) is 5.92 Å². The summed E-state index contributed by atoms with van der Waals surface area (Å²) in [6.07, 6.45) is 3.70. The minimum atomic E-state index is -2.72. The maximum Gasteiger partial charge on any atom is 0.249 e. The first-order chi connectivity index (χ1) is 25.5. The molecule has 3 heterocycles. The molecule has 0 aliphatic carbocycles. The van der Waals surface area contributed by atoms with E-state index in [0.29, 0.717) is 51.8 Å². The second-order valence-corrected chi connectivity index (χ2v) is 19.5. The number of aliphatic hydroxyl groups excluding tert-OH is 2. The Kier molecular flexibility index (Phi) is 12.7. The van der Waals surface area contributed by atoms with Gasteiger partial charge in [0, 0.05) is 24.4 Å². The summed E-state index contributed by atoms with van der Waals surface area (Å²) in [5.74, 6) is 0.780. The van der Waals surface area contributed by atoms with Crippen LogP contribution >= 0.6 is 0 Å². The summed E-state index contributed by atoms with van der Waals surface area (Å²) in [7, 11) is -2.72. The number of aryl methyl sites for hydroxylation is 1. The van der Waals surface area contributed by atoms with Crippen LogP contribution in [0.5, 0.6) is 5.75 Å². The van der Waals surface area contributed by atoms with Crippen molar-refractivity contribution in [2.75, 3.05) is 31.3 Å². The topological polar surface area (TPSA) is 132 Å². The van der Waals surface area contributed by atoms with E-state index in [0.717, 1.165) is 40.2 Å². The van der Waals surface area contributed by atoms with Crippen molar-refractivity contribution < 1.29 is 34.1 Å². The van der Waals surface area contributed by atoms with E-state index in [1.165, 1.54) is 5.56 Å². The summed E-state index contributed by atoms with van der Waals surface area (Å²) in [5, 5.41) is 22.9. The van der Waals surface area contributed by atoms with Crippen LogP contribution in [0.15, 0.2) is 66.7 Å². The zero-order valence-electron chi connectivity index (χ0n) is 31.7. The van der Waals surface area contributed by atoms with Crippen molar-refractivity contribution in [2.45, 2.75) is 108 Å². The molecule has 1 saturated heterocycles. The van der Waals surface area contributed by atoms with Gasteiger partial charge in [-0.25, -0.2) is 0 Å². The normalized spacial score (nSPS) is 24.2. The molecule has 0 spiro atoms. The monoisotopic (exact) mass is 743 g/mol. The lowest BCUT2D eigenvalue weighted by molar-refractivity contribution is -0.138. The third-order valence-electron chi connectivity index (χ3n) is 11.4. The molecule has 0 bridgehead atoms. The van der Waals surface area contributed by atoms with Crippen LogP contribution in [0.2, 0.25) is 18.6 Å². The van der Waals surface area contributed by atoms with Gasteiger partial charge in [-0.15, -0.1) is 0 Å². The van der Waals surface area contributed by atoms with Crippen LogP contribution in [0.3, 0.4) is 0 Å². The summed E-state index contributed by atoms with van der Waals surface area (Å²) in [6.45, 7) is 9.66. The van der Waals surface area contributed by atoms with Crippen LogP contribution in [0.1, 0.15) is 61.8 Å². The van der Waals surface area contributed by atoms with E-state index in [1.54, 1.807) is 4.90 Å². The number of hydrogen-bond donors (Lipinski definition) is 4. The fraction of sp³-hybridized carbons (Fsp3) is 0.524. The number of fused-ring (bicyclic) bond motifs is 2. The van der Waals surface area contributed by atoms with Crippen LogP contribution in [0.4, 0.5) is 11.4 Å². The maximum absolute atomic E-state index is 14.1. The van der Waals surface area contributed by atoms with Crippen LogP contribution in [-0.4, -0.2) is 90.7 Å². The number of ether oxygens (including phenoxy) is 2. The quantitative estimate of drug-likeness (QED) is 0.122. The largest absolute Gasteiger partial charge is 0.494 e. The highest BCUT2D eigenvalue weighted by molar-refractivity contribution is 6.71. The van der Waals surface area contributed by atoms with E-state index in [2.05, 4.69) is 30.4 Å². The number of benzene rings is 3. The smallest absolute Gasteiger partial charge is 0.249 e. The van der Waals surface area contributed by atoms with Crippen molar-refractivity contribution in [3.8, 4) is 5.75 Å². The molecule has 1 fully saturated rings. The number of nitrogens with one attached hydrogen (secondary N) is 1. The van der Waals surface area contributed by atoms with Gasteiger partial charge in [0.05, 0.1) is 49.6 Å². The Hall–Kier alpha value is -3.58. The van der Waals surface area contributed by atoms with E-state index >= 15 is 0 Å². The number of amides is 2. The number of carbonyl (C=O) groups excluding carboxylic acids is 2. The molecule has 10 nitrogen and oxygen atoms in total. The lowest BCUT2D eigenvalue weighted by Gasteiger charge is -2.37. The molecule has 1 unspecified atom stereocenters. The molecule has 0 saturated carbocycles. The number of aliphatic hydroxyl groups is 2. The van der Waals surface area contributed by atoms with E-state index < -0.39 is 20.5 Å². The van der Waals surface area contributed by atoms with Crippen LogP contribution in [-0.2, 0) is 40.1 Å². The Labute approximate surface area is 315 Å². The molecule has 6 rings (SSSR count). The predicted octanol–water partition coefficient (Wildman–Crippen LogP) is 5.28. The average Bonchev–Trinajstić information content (AvgIpc) is 3.46. The average molecular weight is 744 g/mol. The summed E-state index contributed by atoms with van der Waals surface area (Å²) in [4.78, 5) is 43.0. The van der Waals surface area contributed by atoms with Gasteiger partial charge < -0.3 is 34.7 Å². The number of unbranched alkanes of at least 4 members (excludes halogenated alkanes) is 1. The molecule has 286 valence electrons. The highest BCUT2D eigenvalue weighted by Crippen LogP contribution is 2.46. The molecule has 3 aromatic carbocycles. The van der Waals surface area contributed by atoms with E-state index in [1.807, 2.05) is 73.4 Å². The predicted molar refractivity (Wildman–Crippen MR) is 209 cm³/mol. The molecule has 53 heavy (non-hydrogen) atoms. The summed E-state index contributed by atoms with van der Waals surface area (Å²) in [6, 6.07) is 21.4. The molecular formula is C42H57N3O7Si. The fourth-order valence-corrected chi connectivity index (χ4v) is 11.4. The van der Waals surface area contributed by atoms with Crippen molar-refractivity contribution in [3.63, 3.8) is 0 Å². The minimum absolute atomic E-state index is 0.0123. The minimum Gasteiger partial charge on any atom is -0.494 e. The molecule has 3 aliphatic rings. The maximum atomic E-state index is 14.1. The Bertz CT molecular complexity index is 1730. The van der Waals surface area contributed by atoms with Gasteiger partial charge in [-0.2, -0.15) is 0 Å². The van der Waals surface area contributed by atoms with Crippen molar-refractivity contribution >= 4 is 31.5 Å². The highest BCUT2D eigenvalue weighted by atomic mass is 28.4. The standard InChI is InChI=1S/C42H57N3O7Si/c1-5-51-35-16-17-37-32(23-35)24-36(43-19-8-9-20-46)42(49)45(37)33-14-10-11-29(21-33)15-18-38-28(2)41(53(3,4)50)39(52-38)25-40(48)44-26-31-13-7-6-12-30(31)22-34(44)27-47/h6-7,10-14,16-17,21,23,28,34,36,38-39,41,43,46-47,50H,5,8-9,15,18-20,22,24-27H2,1-4H3/t28-,34-,36?,38+,39-,41+/m0/s1. The van der Waals surface area contributed by atoms with Gasteiger partial charge in [0.2, 0.25) is 11.8 Å². The lowest BCUT2D eigenvalue weighted by atomic mass is 9.92. The fourth-order valence-electron chi connectivity index (χ4n) is 8.82. The number of nitrogens with zero attached hydrogens (tertiary/aromatic N) is 2. The second-order valence-electron chi connectivity index (χ2n) is 15.5. The van der Waals surface area contributed by atoms with Crippen LogP contribution in [0.25, 0.3) is 0 Å². The Morgan fingerprint density at radius 1 is 0.981 bits per heavy atom. The number of carbonyl (C=O) groups is 2. The molecule has 0 aromatic heterocycles. The molecule has 3 aliphatic heterocycles. The first-order valence-electron chi connectivity index (χ1n) is 19.4. The highest BCUT2D eigenvalue weighted by Gasteiger charge is 2.50. The number of rotatable bonds is 15.